The molecule has 0 saturated carbocycles. The maximum Gasteiger partial charge on any atom is 0.239 e. The smallest absolute Gasteiger partial charge is 0.239 e. The van der Waals surface area contributed by atoms with Gasteiger partial charge in [0.05, 0.1) is 12.8 Å². The second-order valence-electron chi connectivity index (χ2n) is 5.01. The van der Waals surface area contributed by atoms with Gasteiger partial charge in [-0.05, 0) is 24.6 Å². The van der Waals surface area contributed by atoms with Crippen molar-refractivity contribution in [3.63, 3.8) is 0 Å². The van der Waals surface area contributed by atoms with Gasteiger partial charge in [-0.2, -0.15) is 4.31 Å². The first-order chi connectivity index (χ1) is 10.2. The molecule has 0 spiro atoms. The topological polar surface area (TPSA) is 66.5 Å². The van der Waals surface area contributed by atoms with Crippen LogP contribution in [0, 0.1) is 0 Å². The highest BCUT2D eigenvalue weighted by Crippen LogP contribution is 2.22. The highest BCUT2D eigenvalue weighted by Gasteiger charge is 2.19. The molecule has 1 amide bonds. The van der Waals surface area contributed by atoms with Crippen LogP contribution in [0.1, 0.15) is 26.2 Å². The van der Waals surface area contributed by atoms with Gasteiger partial charge in [0.15, 0.2) is 0 Å². The number of hydrogen-bond acceptors (Lipinski definition) is 3. The summed E-state index contributed by atoms with van der Waals surface area (Å²) in [5.74, 6) is -0.430. The van der Waals surface area contributed by atoms with Crippen LogP contribution in [-0.4, -0.2) is 38.0 Å². The molecule has 0 aliphatic heterocycles. The molecule has 1 aromatic carbocycles. The van der Waals surface area contributed by atoms with Crippen LogP contribution in [0.4, 0.5) is 5.69 Å². The van der Waals surface area contributed by atoms with E-state index in [0.29, 0.717) is 22.3 Å². The lowest BCUT2D eigenvalue weighted by Gasteiger charge is -2.19. The van der Waals surface area contributed by atoms with Crippen molar-refractivity contribution in [1.82, 2.24) is 4.31 Å². The molecule has 124 valence electrons. The fraction of sp³-hybridized carbons (Fsp3) is 0.500. The third-order valence-electron chi connectivity index (χ3n) is 2.95. The first-order valence-electron chi connectivity index (χ1n) is 6.93. The van der Waals surface area contributed by atoms with Crippen molar-refractivity contribution in [3.8, 4) is 0 Å². The van der Waals surface area contributed by atoms with Crippen molar-refractivity contribution in [3.05, 3.63) is 28.2 Å². The second kappa shape index (κ2) is 8.72. The third kappa shape index (κ3) is 6.96. The third-order valence-corrected chi connectivity index (χ3v) is 4.63. The molecule has 0 aliphatic carbocycles. The van der Waals surface area contributed by atoms with Crippen molar-refractivity contribution in [2.45, 2.75) is 26.2 Å². The number of amides is 1. The lowest BCUT2D eigenvalue weighted by molar-refractivity contribution is -0.116. The minimum Gasteiger partial charge on any atom is -0.325 e. The predicted molar refractivity (Wildman–Crippen MR) is 91.0 cm³/mol. The van der Waals surface area contributed by atoms with Gasteiger partial charge in [0.1, 0.15) is 0 Å². The summed E-state index contributed by atoms with van der Waals surface area (Å²) < 4.78 is 24.6. The van der Waals surface area contributed by atoms with Crippen LogP contribution in [0.15, 0.2) is 18.2 Å². The number of rotatable bonds is 8. The van der Waals surface area contributed by atoms with E-state index in [2.05, 4.69) is 5.32 Å². The molecule has 0 unspecified atom stereocenters. The molecule has 0 heterocycles. The van der Waals surface area contributed by atoms with Crippen molar-refractivity contribution in [2.24, 2.45) is 0 Å². The molecule has 5 nitrogen and oxygen atoms in total. The maximum absolute atomic E-state index is 12.0. The number of carbonyl (C=O) groups is 1. The summed E-state index contributed by atoms with van der Waals surface area (Å²) in [5, 5.41) is 3.39. The summed E-state index contributed by atoms with van der Waals surface area (Å²) in [6, 6.07) is 4.65. The Kier molecular flexibility index (Phi) is 7.62. The molecular weight excluding hydrogens is 347 g/mol. The SMILES string of the molecule is CCCCCN(CC(=O)Nc1cc(Cl)cc(Cl)c1)S(C)(=O)=O. The Bertz CT molecular complexity index is 600. The first kappa shape index (κ1) is 19.2. The number of nitrogens with one attached hydrogen (secondary N) is 1. The van der Waals surface area contributed by atoms with E-state index in [1.54, 1.807) is 18.2 Å². The molecule has 0 aromatic heterocycles. The summed E-state index contributed by atoms with van der Waals surface area (Å²) in [4.78, 5) is 12.0. The Morgan fingerprint density at radius 3 is 2.27 bits per heavy atom. The zero-order chi connectivity index (χ0) is 16.8. The van der Waals surface area contributed by atoms with E-state index in [0.717, 1.165) is 25.5 Å². The summed E-state index contributed by atoms with van der Waals surface area (Å²) in [6.45, 7) is 2.13. The number of halogens is 2. The lowest BCUT2D eigenvalue weighted by Crippen LogP contribution is -2.38. The molecule has 1 aromatic rings. The van der Waals surface area contributed by atoms with Crippen LogP contribution in [0.3, 0.4) is 0 Å². The summed E-state index contributed by atoms with van der Waals surface area (Å²) >= 11 is 11.7. The molecule has 0 atom stereocenters. The minimum atomic E-state index is -3.43. The van der Waals surface area contributed by atoms with E-state index < -0.39 is 15.9 Å². The Hall–Kier alpha value is -0.820. The molecule has 22 heavy (non-hydrogen) atoms. The summed E-state index contributed by atoms with van der Waals surface area (Å²) in [5.41, 5.74) is 0.435. The highest BCUT2D eigenvalue weighted by atomic mass is 35.5. The van der Waals surface area contributed by atoms with Crippen molar-refractivity contribution < 1.29 is 13.2 Å². The Balaban J connectivity index is 2.70. The number of carbonyl (C=O) groups excluding carboxylic acids is 1. The van der Waals surface area contributed by atoms with Gasteiger partial charge in [-0.25, -0.2) is 8.42 Å². The fourth-order valence-corrected chi connectivity index (χ4v) is 3.23. The zero-order valence-corrected chi connectivity index (χ0v) is 14.9. The van der Waals surface area contributed by atoms with Gasteiger partial charge in [-0.15, -0.1) is 0 Å². The van der Waals surface area contributed by atoms with Gasteiger partial charge < -0.3 is 5.32 Å². The monoisotopic (exact) mass is 366 g/mol. The highest BCUT2D eigenvalue weighted by molar-refractivity contribution is 7.88. The quantitative estimate of drug-likeness (QED) is 0.717. The average Bonchev–Trinajstić information content (AvgIpc) is 2.35. The van der Waals surface area contributed by atoms with E-state index in [9.17, 15) is 13.2 Å². The van der Waals surface area contributed by atoms with Crippen LogP contribution in [-0.2, 0) is 14.8 Å². The van der Waals surface area contributed by atoms with Crippen LogP contribution in [0.2, 0.25) is 10.0 Å². The van der Waals surface area contributed by atoms with E-state index in [-0.39, 0.29) is 6.54 Å². The van der Waals surface area contributed by atoms with E-state index >= 15 is 0 Å². The normalized spacial score (nSPS) is 11.7. The summed E-state index contributed by atoms with van der Waals surface area (Å²) in [6.07, 6.45) is 3.71. The molecule has 1 rings (SSSR count). The number of sulfonamides is 1. The van der Waals surface area contributed by atoms with E-state index in [4.69, 9.17) is 23.2 Å². The number of benzene rings is 1. The Morgan fingerprint density at radius 1 is 1.18 bits per heavy atom. The maximum atomic E-state index is 12.0. The number of hydrogen-bond donors (Lipinski definition) is 1. The number of anilines is 1. The standard InChI is InChI=1S/C14H20Cl2N2O3S/c1-3-4-5-6-18(22(2,20)21)10-14(19)17-13-8-11(15)7-12(16)9-13/h7-9H,3-6,10H2,1-2H3,(H,17,19). The average molecular weight is 367 g/mol. The molecule has 0 aliphatic rings. The van der Waals surface area contributed by atoms with Crippen LogP contribution in [0.5, 0.6) is 0 Å². The van der Waals surface area contributed by atoms with Crippen LogP contribution < -0.4 is 5.32 Å². The van der Waals surface area contributed by atoms with Crippen molar-refractivity contribution in [2.75, 3.05) is 24.7 Å². The molecule has 1 N–H and O–H groups in total. The van der Waals surface area contributed by atoms with Crippen molar-refractivity contribution >= 4 is 44.8 Å². The molecule has 0 fully saturated rings. The molecule has 8 heteroatoms. The zero-order valence-electron chi connectivity index (χ0n) is 12.6. The van der Waals surface area contributed by atoms with Crippen LogP contribution in [0.25, 0.3) is 0 Å². The largest absolute Gasteiger partial charge is 0.325 e. The molecule has 0 bridgehead atoms. The van der Waals surface area contributed by atoms with E-state index in [1.165, 1.54) is 4.31 Å². The predicted octanol–water partition coefficient (Wildman–Crippen LogP) is 3.38. The molecule has 0 saturated heterocycles. The Labute approximate surface area is 141 Å². The second-order valence-corrected chi connectivity index (χ2v) is 7.87. The fourth-order valence-electron chi connectivity index (χ4n) is 1.89. The van der Waals surface area contributed by atoms with Gasteiger partial charge in [-0.1, -0.05) is 43.0 Å². The van der Waals surface area contributed by atoms with Gasteiger partial charge in [0.25, 0.3) is 0 Å². The van der Waals surface area contributed by atoms with Crippen molar-refractivity contribution in [1.29, 1.82) is 0 Å². The lowest BCUT2D eigenvalue weighted by atomic mass is 10.2. The number of nitrogens with zero attached hydrogens (tertiary/aromatic N) is 1. The van der Waals surface area contributed by atoms with Gasteiger partial charge >= 0.3 is 0 Å². The molecule has 0 radical (unpaired) electrons. The number of unbranched alkanes of at least 4 members (excludes halogenated alkanes) is 2. The molecular formula is C14H20Cl2N2O3S. The minimum absolute atomic E-state index is 0.229. The van der Waals surface area contributed by atoms with Gasteiger partial charge in [-0.3, -0.25) is 4.79 Å². The Morgan fingerprint density at radius 2 is 1.77 bits per heavy atom. The van der Waals surface area contributed by atoms with Gasteiger partial charge in [0.2, 0.25) is 15.9 Å². The van der Waals surface area contributed by atoms with E-state index in [1.807, 2.05) is 6.92 Å². The first-order valence-corrected chi connectivity index (χ1v) is 9.54. The van der Waals surface area contributed by atoms with Crippen LogP contribution >= 0.6 is 23.2 Å². The van der Waals surface area contributed by atoms with Gasteiger partial charge in [0, 0.05) is 22.3 Å². The summed E-state index contributed by atoms with van der Waals surface area (Å²) in [7, 11) is -3.43.